The highest BCUT2D eigenvalue weighted by Crippen LogP contribution is 2.14. The Kier molecular flexibility index (Phi) is 6.09. The van der Waals surface area contributed by atoms with Crippen LogP contribution in [0, 0.1) is 0 Å². The Morgan fingerprint density at radius 3 is 1.37 bits per heavy atom. The van der Waals surface area contributed by atoms with Crippen LogP contribution in [0.5, 0.6) is 0 Å². The Hall–Kier alpha value is -0.630. The lowest BCUT2D eigenvalue weighted by Gasteiger charge is -2.03. The molecule has 2 aromatic carbocycles. The average molecular weight is 311 g/mol. The van der Waals surface area contributed by atoms with E-state index in [1.165, 1.54) is 11.1 Å². The van der Waals surface area contributed by atoms with E-state index >= 15 is 0 Å². The molecule has 0 radical (unpaired) electrons. The number of halogens is 2. The van der Waals surface area contributed by atoms with Crippen molar-refractivity contribution in [2.24, 2.45) is 0 Å². The van der Waals surface area contributed by atoms with Crippen LogP contribution in [-0.2, 0) is 12.8 Å². The van der Waals surface area contributed by atoms with Gasteiger partial charge in [-0.2, -0.15) is 11.8 Å². The molecule has 0 aliphatic carbocycles. The molecule has 0 bridgehead atoms. The normalized spacial score (nSPS) is 10.6. The predicted octanol–water partition coefficient (Wildman–Crippen LogP) is 5.51. The maximum absolute atomic E-state index is 5.86. The van der Waals surface area contributed by atoms with Crippen LogP contribution in [-0.4, -0.2) is 11.5 Å². The van der Waals surface area contributed by atoms with Gasteiger partial charge < -0.3 is 0 Å². The Morgan fingerprint density at radius 1 is 0.632 bits per heavy atom. The van der Waals surface area contributed by atoms with Crippen LogP contribution in [0.3, 0.4) is 0 Å². The summed E-state index contributed by atoms with van der Waals surface area (Å²) in [6.45, 7) is 0. The molecule has 0 amide bonds. The molecule has 0 heterocycles. The van der Waals surface area contributed by atoms with Gasteiger partial charge in [0.2, 0.25) is 0 Å². The topological polar surface area (TPSA) is 0 Å². The minimum absolute atomic E-state index is 0.805. The summed E-state index contributed by atoms with van der Waals surface area (Å²) in [5.41, 5.74) is 2.70. The van der Waals surface area contributed by atoms with E-state index < -0.39 is 0 Å². The first kappa shape index (κ1) is 14.8. The summed E-state index contributed by atoms with van der Waals surface area (Å²) < 4.78 is 0. The summed E-state index contributed by atoms with van der Waals surface area (Å²) in [6, 6.07) is 16.2. The van der Waals surface area contributed by atoms with Crippen LogP contribution in [0.2, 0.25) is 10.0 Å². The fraction of sp³-hybridized carbons (Fsp3) is 0.250. The van der Waals surface area contributed by atoms with Crippen molar-refractivity contribution in [1.82, 2.24) is 0 Å². The second-order valence-corrected chi connectivity index (χ2v) is 6.46. The molecule has 0 saturated carbocycles. The molecule has 19 heavy (non-hydrogen) atoms. The number of hydrogen-bond acceptors (Lipinski definition) is 1. The summed E-state index contributed by atoms with van der Waals surface area (Å²) in [7, 11) is 0. The lowest BCUT2D eigenvalue weighted by Crippen LogP contribution is -1.93. The van der Waals surface area contributed by atoms with Crippen LogP contribution < -0.4 is 0 Å². The number of hydrogen-bond donors (Lipinski definition) is 0. The highest BCUT2D eigenvalue weighted by molar-refractivity contribution is 7.99. The zero-order valence-corrected chi connectivity index (χ0v) is 12.9. The standard InChI is InChI=1S/C16H16Cl2S/c17-15-5-1-13(2-6-15)9-11-19-12-10-14-3-7-16(18)8-4-14/h1-8H,9-12H2. The molecular weight excluding hydrogens is 295 g/mol. The quantitative estimate of drug-likeness (QED) is 0.634. The summed E-state index contributed by atoms with van der Waals surface area (Å²) in [4.78, 5) is 0. The molecule has 0 saturated heterocycles. The first-order chi connectivity index (χ1) is 9.24. The van der Waals surface area contributed by atoms with Crippen molar-refractivity contribution in [2.75, 3.05) is 11.5 Å². The Bertz CT molecular complexity index is 444. The lowest BCUT2D eigenvalue weighted by molar-refractivity contribution is 1.13. The van der Waals surface area contributed by atoms with Crippen LogP contribution >= 0.6 is 35.0 Å². The highest BCUT2D eigenvalue weighted by atomic mass is 35.5. The average Bonchev–Trinajstić information content (AvgIpc) is 2.43. The van der Waals surface area contributed by atoms with Gasteiger partial charge in [0.1, 0.15) is 0 Å². The molecule has 3 heteroatoms. The fourth-order valence-corrected chi connectivity index (χ4v) is 3.00. The van der Waals surface area contributed by atoms with Gasteiger partial charge in [-0.05, 0) is 59.7 Å². The lowest BCUT2D eigenvalue weighted by atomic mass is 10.2. The molecule has 0 fully saturated rings. The summed E-state index contributed by atoms with van der Waals surface area (Å²) in [5, 5.41) is 1.61. The van der Waals surface area contributed by atoms with Gasteiger partial charge in [0.25, 0.3) is 0 Å². The number of thioether (sulfide) groups is 1. The minimum Gasteiger partial charge on any atom is -0.161 e. The molecule has 0 aromatic heterocycles. The zero-order valence-electron chi connectivity index (χ0n) is 10.6. The SMILES string of the molecule is Clc1ccc(CCSCCc2ccc(Cl)cc2)cc1. The monoisotopic (exact) mass is 310 g/mol. The van der Waals surface area contributed by atoms with E-state index in [0.29, 0.717) is 0 Å². The number of rotatable bonds is 6. The van der Waals surface area contributed by atoms with Crippen LogP contribution in [0.4, 0.5) is 0 Å². The molecule has 0 atom stereocenters. The van der Waals surface area contributed by atoms with E-state index in [4.69, 9.17) is 23.2 Å². The predicted molar refractivity (Wildman–Crippen MR) is 87.6 cm³/mol. The third kappa shape index (κ3) is 5.48. The maximum atomic E-state index is 5.86. The molecule has 0 aliphatic rings. The van der Waals surface area contributed by atoms with Crippen molar-refractivity contribution in [1.29, 1.82) is 0 Å². The molecule has 100 valence electrons. The van der Waals surface area contributed by atoms with Gasteiger partial charge in [-0.1, -0.05) is 47.5 Å². The van der Waals surface area contributed by atoms with Crippen molar-refractivity contribution in [3.63, 3.8) is 0 Å². The second-order valence-electron chi connectivity index (χ2n) is 4.37. The van der Waals surface area contributed by atoms with Crippen LogP contribution in [0.15, 0.2) is 48.5 Å². The van der Waals surface area contributed by atoms with E-state index in [-0.39, 0.29) is 0 Å². The van der Waals surface area contributed by atoms with Crippen molar-refractivity contribution >= 4 is 35.0 Å². The molecular formula is C16H16Cl2S. The van der Waals surface area contributed by atoms with Gasteiger partial charge in [0.05, 0.1) is 0 Å². The first-order valence-electron chi connectivity index (χ1n) is 6.31. The van der Waals surface area contributed by atoms with Gasteiger partial charge in [0, 0.05) is 10.0 Å². The number of aryl methyl sites for hydroxylation is 2. The summed E-state index contributed by atoms with van der Waals surface area (Å²) in [5.74, 6) is 2.30. The summed E-state index contributed by atoms with van der Waals surface area (Å²) >= 11 is 13.7. The summed E-state index contributed by atoms with van der Waals surface area (Å²) in [6.07, 6.45) is 2.20. The van der Waals surface area contributed by atoms with E-state index in [1.807, 2.05) is 36.0 Å². The molecule has 0 aliphatic heterocycles. The van der Waals surface area contributed by atoms with Crippen molar-refractivity contribution in [3.8, 4) is 0 Å². The van der Waals surface area contributed by atoms with Gasteiger partial charge in [-0.3, -0.25) is 0 Å². The maximum Gasteiger partial charge on any atom is 0.0406 e. The van der Waals surface area contributed by atoms with E-state index in [1.54, 1.807) is 0 Å². The van der Waals surface area contributed by atoms with Crippen molar-refractivity contribution in [2.45, 2.75) is 12.8 Å². The molecule has 0 spiro atoms. The Labute approximate surface area is 129 Å². The van der Waals surface area contributed by atoms with Crippen molar-refractivity contribution in [3.05, 3.63) is 69.7 Å². The van der Waals surface area contributed by atoms with Crippen LogP contribution in [0.25, 0.3) is 0 Å². The van der Waals surface area contributed by atoms with Gasteiger partial charge in [-0.25, -0.2) is 0 Å². The molecule has 2 aromatic rings. The minimum atomic E-state index is 0.805. The smallest absolute Gasteiger partial charge is 0.0406 e. The Morgan fingerprint density at radius 2 is 1.00 bits per heavy atom. The van der Waals surface area contributed by atoms with E-state index in [2.05, 4.69) is 24.3 Å². The molecule has 0 nitrogen and oxygen atoms in total. The zero-order chi connectivity index (χ0) is 13.5. The first-order valence-corrected chi connectivity index (χ1v) is 8.22. The molecule has 0 N–H and O–H groups in total. The second kappa shape index (κ2) is 7.84. The van der Waals surface area contributed by atoms with Gasteiger partial charge in [0.15, 0.2) is 0 Å². The number of benzene rings is 2. The highest BCUT2D eigenvalue weighted by Gasteiger charge is 1.96. The van der Waals surface area contributed by atoms with Gasteiger partial charge in [-0.15, -0.1) is 0 Å². The Balaban J connectivity index is 1.64. The largest absolute Gasteiger partial charge is 0.161 e. The molecule has 0 unspecified atom stereocenters. The third-order valence-electron chi connectivity index (χ3n) is 2.90. The van der Waals surface area contributed by atoms with Gasteiger partial charge >= 0.3 is 0 Å². The van der Waals surface area contributed by atoms with E-state index in [9.17, 15) is 0 Å². The third-order valence-corrected chi connectivity index (χ3v) is 4.39. The van der Waals surface area contributed by atoms with Crippen LogP contribution in [0.1, 0.15) is 11.1 Å². The van der Waals surface area contributed by atoms with Crippen molar-refractivity contribution < 1.29 is 0 Å². The molecule has 2 rings (SSSR count). The fourth-order valence-electron chi connectivity index (χ4n) is 1.78. The van der Waals surface area contributed by atoms with E-state index in [0.717, 1.165) is 34.4 Å².